The number of nitrogens with zero attached hydrogens (tertiary/aromatic N) is 2. The summed E-state index contributed by atoms with van der Waals surface area (Å²) in [6.07, 6.45) is 0.573. The molecule has 2 aliphatic heterocycles. The molecule has 2 fully saturated rings. The number of carbonyl (C=O) groups excluding carboxylic acids is 3. The molecule has 2 amide bonds. The first-order valence-electron chi connectivity index (χ1n) is 14.1. The van der Waals surface area contributed by atoms with Crippen LogP contribution in [0.15, 0.2) is 53.4 Å². The van der Waals surface area contributed by atoms with E-state index in [0.29, 0.717) is 37.2 Å². The number of esters is 1. The molecule has 2 saturated heterocycles. The molecule has 12 heteroatoms. The Morgan fingerprint density at radius 3 is 2.26 bits per heavy atom. The Labute approximate surface area is 252 Å². The third kappa shape index (κ3) is 8.26. The number of carbonyl (C=O) groups is 3. The summed E-state index contributed by atoms with van der Waals surface area (Å²) < 4.78 is 39.1. The standard InChI is InChI=1S/C30H39N3O7S2/c1-21-7-13-24(14-8-21)42(37,38)33-15-5-6-26(33)27(34)31-25(28(35)40-30(2,3)4)20-22-9-11-23(12-10-22)39-29(36)32-16-18-41-19-17-32/h7-14,25-26H,5-6,15-20H2,1-4H3,(H,31,34)/t25-,26-/m0/s1. The van der Waals surface area contributed by atoms with Gasteiger partial charge in [0, 0.05) is 37.6 Å². The Bertz CT molecular complexity index is 1370. The maximum Gasteiger partial charge on any atom is 0.415 e. The van der Waals surface area contributed by atoms with Gasteiger partial charge in [-0.05, 0) is 70.4 Å². The van der Waals surface area contributed by atoms with Crippen molar-refractivity contribution < 1.29 is 32.3 Å². The van der Waals surface area contributed by atoms with E-state index in [2.05, 4.69) is 5.32 Å². The topological polar surface area (TPSA) is 122 Å². The van der Waals surface area contributed by atoms with Gasteiger partial charge in [-0.1, -0.05) is 29.8 Å². The second-order valence-corrected chi connectivity index (χ2v) is 14.6. The zero-order chi connectivity index (χ0) is 30.5. The van der Waals surface area contributed by atoms with E-state index < -0.39 is 45.7 Å². The smallest absolute Gasteiger partial charge is 0.415 e. The number of benzene rings is 2. The lowest BCUT2D eigenvalue weighted by molar-refractivity contribution is -0.158. The molecular weight excluding hydrogens is 578 g/mol. The number of rotatable bonds is 8. The first kappa shape index (κ1) is 31.8. The minimum Gasteiger partial charge on any atom is -0.458 e. The SMILES string of the molecule is Cc1ccc(S(=O)(=O)N2CCC[C@H]2C(=O)N[C@@H](Cc2ccc(OC(=O)N3CCSCC3)cc2)C(=O)OC(C)(C)C)cc1. The number of aryl methyl sites for hydroxylation is 1. The zero-order valence-corrected chi connectivity index (χ0v) is 26.1. The van der Waals surface area contributed by atoms with Gasteiger partial charge in [0.2, 0.25) is 15.9 Å². The molecule has 0 aliphatic carbocycles. The third-order valence-electron chi connectivity index (χ3n) is 6.98. The van der Waals surface area contributed by atoms with Crippen molar-refractivity contribution in [3.05, 3.63) is 59.7 Å². The first-order valence-corrected chi connectivity index (χ1v) is 16.7. The van der Waals surface area contributed by atoms with Crippen molar-refractivity contribution in [2.45, 2.75) is 69.5 Å². The van der Waals surface area contributed by atoms with Crippen LogP contribution in [0.3, 0.4) is 0 Å². The number of amides is 2. The highest BCUT2D eigenvalue weighted by Gasteiger charge is 2.41. The molecule has 0 aromatic heterocycles. The molecule has 2 aliphatic rings. The molecular formula is C30H39N3O7S2. The second kappa shape index (κ2) is 13.5. The van der Waals surface area contributed by atoms with E-state index in [1.807, 2.05) is 6.92 Å². The van der Waals surface area contributed by atoms with Crippen molar-refractivity contribution in [3.63, 3.8) is 0 Å². The lowest BCUT2D eigenvalue weighted by Gasteiger charge is -2.28. The van der Waals surface area contributed by atoms with Crippen molar-refractivity contribution in [2.75, 3.05) is 31.1 Å². The Balaban J connectivity index is 1.47. The summed E-state index contributed by atoms with van der Waals surface area (Å²) in [5.74, 6) is 0.956. The van der Waals surface area contributed by atoms with Crippen LogP contribution in [0, 0.1) is 6.92 Å². The number of nitrogens with one attached hydrogen (secondary N) is 1. The number of hydrogen-bond acceptors (Lipinski definition) is 8. The van der Waals surface area contributed by atoms with E-state index in [1.54, 1.807) is 73.8 Å². The van der Waals surface area contributed by atoms with Gasteiger partial charge in [-0.15, -0.1) is 0 Å². The summed E-state index contributed by atoms with van der Waals surface area (Å²) in [5.41, 5.74) is 0.840. The lowest BCUT2D eigenvalue weighted by atomic mass is 10.0. The number of ether oxygens (including phenoxy) is 2. The van der Waals surface area contributed by atoms with E-state index >= 15 is 0 Å². The van der Waals surface area contributed by atoms with Crippen LogP contribution in [0.5, 0.6) is 5.75 Å². The largest absolute Gasteiger partial charge is 0.458 e. The van der Waals surface area contributed by atoms with Gasteiger partial charge in [-0.25, -0.2) is 18.0 Å². The maximum absolute atomic E-state index is 13.5. The highest BCUT2D eigenvalue weighted by molar-refractivity contribution is 7.99. The van der Waals surface area contributed by atoms with Crippen molar-refractivity contribution in [1.29, 1.82) is 0 Å². The van der Waals surface area contributed by atoms with Crippen LogP contribution in [0.25, 0.3) is 0 Å². The van der Waals surface area contributed by atoms with Crippen molar-refractivity contribution >= 4 is 39.8 Å². The highest BCUT2D eigenvalue weighted by Crippen LogP contribution is 2.27. The van der Waals surface area contributed by atoms with Gasteiger partial charge in [-0.2, -0.15) is 16.1 Å². The first-order chi connectivity index (χ1) is 19.8. The third-order valence-corrected chi connectivity index (χ3v) is 9.84. The van der Waals surface area contributed by atoms with Crippen LogP contribution in [0.4, 0.5) is 4.79 Å². The van der Waals surface area contributed by atoms with Crippen molar-refractivity contribution in [1.82, 2.24) is 14.5 Å². The molecule has 42 heavy (non-hydrogen) atoms. The fraction of sp³-hybridized carbons (Fsp3) is 0.500. The molecule has 0 spiro atoms. The molecule has 0 saturated carbocycles. The molecule has 2 aromatic carbocycles. The monoisotopic (exact) mass is 617 g/mol. The van der Waals surface area contributed by atoms with E-state index in [0.717, 1.165) is 17.1 Å². The molecule has 4 rings (SSSR count). The van der Waals surface area contributed by atoms with Gasteiger partial charge < -0.3 is 19.7 Å². The normalized spacial score (nSPS) is 18.8. The molecule has 1 N–H and O–H groups in total. The second-order valence-electron chi connectivity index (χ2n) is 11.5. The van der Waals surface area contributed by atoms with E-state index in [4.69, 9.17) is 9.47 Å². The van der Waals surface area contributed by atoms with Crippen LogP contribution in [-0.4, -0.2) is 84.4 Å². The van der Waals surface area contributed by atoms with Gasteiger partial charge in [-0.3, -0.25) is 4.79 Å². The quantitative estimate of drug-likeness (QED) is 0.445. The van der Waals surface area contributed by atoms with E-state index in [1.165, 1.54) is 16.4 Å². The number of hydrogen-bond donors (Lipinski definition) is 1. The Morgan fingerprint density at radius 2 is 1.64 bits per heavy atom. The van der Waals surface area contributed by atoms with Gasteiger partial charge in [0.25, 0.3) is 0 Å². The molecule has 2 atom stereocenters. The molecule has 0 unspecified atom stereocenters. The molecule has 2 heterocycles. The fourth-order valence-electron chi connectivity index (χ4n) is 4.81. The average Bonchev–Trinajstić information content (AvgIpc) is 3.45. The molecule has 2 aromatic rings. The Hall–Kier alpha value is -3.09. The minimum atomic E-state index is -3.91. The highest BCUT2D eigenvalue weighted by atomic mass is 32.2. The van der Waals surface area contributed by atoms with Crippen LogP contribution >= 0.6 is 11.8 Å². The summed E-state index contributed by atoms with van der Waals surface area (Å²) >= 11 is 1.80. The van der Waals surface area contributed by atoms with Crippen LogP contribution < -0.4 is 10.1 Å². The average molecular weight is 618 g/mol. The predicted molar refractivity (Wildman–Crippen MR) is 161 cm³/mol. The van der Waals surface area contributed by atoms with Crippen LogP contribution in [-0.2, 0) is 30.8 Å². The maximum atomic E-state index is 13.5. The minimum absolute atomic E-state index is 0.107. The number of sulfonamides is 1. The van der Waals surface area contributed by atoms with Crippen LogP contribution in [0.1, 0.15) is 44.7 Å². The Kier molecular flexibility index (Phi) is 10.2. The van der Waals surface area contributed by atoms with E-state index in [-0.39, 0.29) is 17.9 Å². The summed E-state index contributed by atoms with van der Waals surface area (Å²) in [6.45, 7) is 8.58. The number of thioether (sulfide) groups is 1. The summed E-state index contributed by atoms with van der Waals surface area (Å²) in [4.78, 5) is 40.9. The molecule has 10 nitrogen and oxygen atoms in total. The Morgan fingerprint density at radius 1 is 1.00 bits per heavy atom. The van der Waals surface area contributed by atoms with Gasteiger partial charge in [0.15, 0.2) is 0 Å². The van der Waals surface area contributed by atoms with Crippen LogP contribution in [0.2, 0.25) is 0 Å². The van der Waals surface area contributed by atoms with Crippen molar-refractivity contribution in [3.8, 4) is 5.75 Å². The van der Waals surface area contributed by atoms with Gasteiger partial charge in [0.1, 0.15) is 23.4 Å². The van der Waals surface area contributed by atoms with Gasteiger partial charge in [0.05, 0.1) is 4.90 Å². The summed E-state index contributed by atoms with van der Waals surface area (Å²) in [6, 6.07) is 11.2. The summed E-state index contributed by atoms with van der Waals surface area (Å²) in [7, 11) is -3.91. The molecule has 228 valence electrons. The lowest BCUT2D eigenvalue weighted by Crippen LogP contribution is -2.52. The molecule has 0 radical (unpaired) electrons. The van der Waals surface area contributed by atoms with E-state index in [9.17, 15) is 22.8 Å². The predicted octanol–water partition coefficient (Wildman–Crippen LogP) is 3.76. The van der Waals surface area contributed by atoms with Crippen molar-refractivity contribution in [2.24, 2.45) is 0 Å². The van der Waals surface area contributed by atoms with Gasteiger partial charge >= 0.3 is 12.1 Å². The zero-order valence-electron chi connectivity index (χ0n) is 24.5. The summed E-state index contributed by atoms with van der Waals surface area (Å²) in [5, 5.41) is 2.77. The molecule has 0 bridgehead atoms. The fourth-order valence-corrected chi connectivity index (χ4v) is 7.37.